The lowest BCUT2D eigenvalue weighted by molar-refractivity contribution is -0.155. The Kier molecular flexibility index (Phi) is 30.2. The zero-order valence-electron chi connectivity index (χ0n) is 30.9. The van der Waals surface area contributed by atoms with E-state index < -0.39 is 0 Å². The summed E-state index contributed by atoms with van der Waals surface area (Å²) in [7, 11) is 3.45. The van der Waals surface area contributed by atoms with E-state index in [1.54, 1.807) is 0 Å². The number of carbonyl (C=O) groups excluding carboxylic acids is 3. The van der Waals surface area contributed by atoms with Crippen LogP contribution in [0.2, 0.25) is 0 Å². The van der Waals surface area contributed by atoms with Gasteiger partial charge in [0, 0.05) is 38.0 Å². The number of methoxy groups -OCH3 is 1. The molecule has 0 amide bonds. The summed E-state index contributed by atoms with van der Waals surface area (Å²) in [5.74, 6) is 6.24. The lowest BCUT2D eigenvalue weighted by Crippen LogP contribution is -2.23. The lowest BCUT2D eigenvalue weighted by Gasteiger charge is -2.20. The Labute approximate surface area is 282 Å². The highest BCUT2D eigenvalue weighted by Crippen LogP contribution is 2.24. The summed E-state index contributed by atoms with van der Waals surface area (Å²) in [5.41, 5.74) is 3.58. The Hall–Kier alpha value is -2.92. The summed E-state index contributed by atoms with van der Waals surface area (Å²) in [6.07, 6.45) is 16.7. The van der Waals surface area contributed by atoms with Crippen LogP contribution in [0.5, 0.6) is 0 Å². The zero-order valence-corrected chi connectivity index (χ0v) is 30.9. The minimum Gasteiger partial charge on any atom is -0.469 e. The number of carbonyl (C=O) groups is 3. The molecule has 2 rings (SSSR count). The maximum atomic E-state index is 11.3. The number of pyridine rings is 1. The number of ether oxygens (including phenoxy) is 2. The molecule has 0 atom stereocenters. The average molecular weight is 646 g/mol. The van der Waals surface area contributed by atoms with E-state index in [-0.39, 0.29) is 17.5 Å². The minimum atomic E-state index is -0.380. The Morgan fingerprint density at radius 3 is 2.04 bits per heavy atom. The fourth-order valence-electron chi connectivity index (χ4n) is 4.64. The molecule has 2 heterocycles. The highest BCUT2D eigenvalue weighted by molar-refractivity contribution is 5.69. The molecule has 8 nitrogen and oxygen atoms in total. The number of nitrogens with zero attached hydrogens (tertiary/aromatic N) is 1. The first kappa shape index (κ1) is 45.2. The Morgan fingerprint density at radius 1 is 0.935 bits per heavy atom. The molecule has 0 saturated carbocycles. The number of rotatable bonds is 18. The number of aldehydes is 1. The Bertz CT molecular complexity index is 987. The van der Waals surface area contributed by atoms with E-state index in [0.717, 1.165) is 76.6 Å². The van der Waals surface area contributed by atoms with Gasteiger partial charge in [-0.2, -0.15) is 0 Å². The number of anilines is 1. The standard InChI is InChI=1S/C20H33N3O2.C12H22O3.C4H6.C2H6/c1-21-15-17-14-16-10-9-13-22-20(16)23-18(17)11-7-5-3-4-6-8-12-19(24)25-2;1-12(2,3)15-11(14)9-7-5-4-6-8-10-13;1-3-4-2;1-2/h14,21H,3-13,15H2,1-2H3,(H,22,23);10H,4-9H2,1-3H3;1-2H3;1-2H3. The van der Waals surface area contributed by atoms with Crippen molar-refractivity contribution in [1.29, 1.82) is 0 Å². The molecule has 264 valence electrons. The van der Waals surface area contributed by atoms with Crippen LogP contribution in [0.25, 0.3) is 0 Å². The molecule has 0 aliphatic carbocycles. The predicted molar refractivity (Wildman–Crippen MR) is 192 cm³/mol. The van der Waals surface area contributed by atoms with Gasteiger partial charge in [-0.3, -0.25) is 9.59 Å². The van der Waals surface area contributed by atoms with E-state index in [2.05, 4.69) is 33.3 Å². The number of aryl methyl sites for hydroxylation is 2. The van der Waals surface area contributed by atoms with E-state index in [1.165, 1.54) is 56.0 Å². The molecular weight excluding hydrogens is 578 g/mol. The molecule has 8 heteroatoms. The van der Waals surface area contributed by atoms with Crippen LogP contribution >= 0.6 is 0 Å². The number of nitrogens with one attached hydrogen (secondary N) is 2. The maximum Gasteiger partial charge on any atom is 0.306 e. The number of unbranched alkanes of at least 4 members (excludes halogenated alkanes) is 9. The monoisotopic (exact) mass is 646 g/mol. The molecule has 0 radical (unpaired) electrons. The van der Waals surface area contributed by atoms with Crippen molar-refractivity contribution in [3.63, 3.8) is 0 Å². The van der Waals surface area contributed by atoms with Crippen LogP contribution in [0.1, 0.15) is 155 Å². The average Bonchev–Trinajstić information content (AvgIpc) is 3.04. The summed E-state index contributed by atoms with van der Waals surface area (Å²) in [6.45, 7) is 15.2. The lowest BCUT2D eigenvalue weighted by atomic mass is 10.00. The fraction of sp³-hybridized carbons (Fsp3) is 0.737. The molecule has 0 aromatic carbocycles. The third-order valence-electron chi connectivity index (χ3n) is 6.95. The molecule has 0 saturated heterocycles. The van der Waals surface area contributed by atoms with Crippen LogP contribution in [0.4, 0.5) is 5.82 Å². The van der Waals surface area contributed by atoms with Gasteiger partial charge in [0.1, 0.15) is 17.7 Å². The van der Waals surface area contributed by atoms with Gasteiger partial charge in [0.25, 0.3) is 0 Å². The van der Waals surface area contributed by atoms with Crippen molar-refractivity contribution in [2.75, 3.05) is 26.0 Å². The van der Waals surface area contributed by atoms with Gasteiger partial charge in [0.05, 0.1) is 7.11 Å². The van der Waals surface area contributed by atoms with Crippen molar-refractivity contribution in [1.82, 2.24) is 10.3 Å². The second-order valence-corrected chi connectivity index (χ2v) is 12.1. The quantitative estimate of drug-likeness (QED) is 0.0708. The van der Waals surface area contributed by atoms with Crippen molar-refractivity contribution in [3.05, 3.63) is 22.9 Å². The normalized spacial score (nSPS) is 11.2. The van der Waals surface area contributed by atoms with Crippen molar-refractivity contribution < 1.29 is 23.9 Å². The van der Waals surface area contributed by atoms with E-state index in [1.807, 2.05) is 55.5 Å². The second kappa shape index (κ2) is 30.7. The van der Waals surface area contributed by atoms with Crippen molar-refractivity contribution in [2.45, 2.75) is 163 Å². The Morgan fingerprint density at radius 2 is 1.50 bits per heavy atom. The molecule has 1 aliphatic heterocycles. The summed E-state index contributed by atoms with van der Waals surface area (Å²) >= 11 is 0. The molecule has 0 fully saturated rings. The molecule has 1 aromatic rings. The SMILES string of the molecule is CC.CC#CC.CC(C)(C)OC(=O)CCCCCCC=O.CNCc1cc2c(nc1CCCCCCCCC(=O)OC)NCCC2. The van der Waals surface area contributed by atoms with Gasteiger partial charge in [-0.05, 0) is 104 Å². The number of aromatic nitrogens is 1. The molecule has 1 aromatic heterocycles. The predicted octanol–water partition coefficient (Wildman–Crippen LogP) is 8.53. The molecule has 1 aliphatic rings. The van der Waals surface area contributed by atoms with Crippen LogP contribution in [0.3, 0.4) is 0 Å². The first-order chi connectivity index (χ1) is 22.1. The van der Waals surface area contributed by atoms with E-state index in [9.17, 15) is 14.4 Å². The first-order valence-corrected chi connectivity index (χ1v) is 17.6. The van der Waals surface area contributed by atoms with Gasteiger partial charge in [0.15, 0.2) is 0 Å². The molecule has 46 heavy (non-hydrogen) atoms. The molecule has 0 unspecified atom stereocenters. The molecule has 0 spiro atoms. The topological polar surface area (TPSA) is 107 Å². The van der Waals surface area contributed by atoms with Gasteiger partial charge in [-0.25, -0.2) is 4.98 Å². The maximum absolute atomic E-state index is 11.3. The molecule has 0 bridgehead atoms. The number of hydrogen-bond donors (Lipinski definition) is 2. The highest BCUT2D eigenvalue weighted by atomic mass is 16.6. The van der Waals surface area contributed by atoms with Crippen molar-refractivity contribution >= 4 is 24.0 Å². The van der Waals surface area contributed by atoms with Gasteiger partial charge < -0.3 is 24.9 Å². The summed E-state index contributed by atoms with van der Waals surface area (Å²) in [6, 6.07) is 2.34. The van der Waals surface area contributed by atoms with E-state index >= 15 is 0 Å². The summed E-state index contributed by atoms with van der Waals surface area (Å²) in [5, 5.41) is 6.71. The van der Waals surface area contributed by atoms with Crippen molar-refractivity contribution in [2.24, 2.45) is 0 Å². The van der Waals surface area contributed by atoms with Crippen LogP contribution in [-0.4, -0.2) is 49.5 Å². The number of fused-ring (bicyclic) bond motifs is 1. The Balaban J connectivity index is 0. The number of hydrogen-bond acceptors (Lipinski definition) is 8. The van der Waals surface area contributed by atoms with E-state index in [4.69, 9.17) is 9.72 Å². The fourth-order valence-corrected chi connectivity index (χ4v) is 4.64. The van der Waals surface area contributed by atoms with Crippen LogP contribution in [-0.2, 0) is 43.2 Å². The van der Waals surface area contributed by atoms with Crippen LogP contribution in [0, 0.1) is 11.8 Å². The first-order valence-electron chi connectivity index (χ1n) is 17.6. The summed E-state index contributed by atoms with van der Waals surface area (Å²) in [4.78, 5) is 37.3. The van der Waals surface area contributed by atoms with Gasteiger partial charge >= 0.3 is 11.9 Å². The van der Waals surface area contributed by atoms with Crippen LogP contribution in [0.15, 0.2) is 6.07 Å². The molecule has 2 N–H and O–H groups in total. The zero-order chi connectivity index (χ0) is 35.1. The third kappa shape index (κ3) is 26.3. The largest absolute Gasteiger partial charge is 0.469 e. The highest BCUT2D eigenvalue weighted by Gasteiger charge is 2.16. The van der Waals surface area contributed by atoms with Gasteiger partial charge in [0.2, 0.25) is 0 Å². The van der Waals surface area contributed by atoms with Gasteiger partial charge in [-0.1, -0.05) is 52.4 Å². The number of esters is 2. The van der Waals surface area contributed by atoms with Crippen LogP contribution < -0.4 is 10.6 Å². The van der Waals surface area contributed by atoms with Crippen molar-refractivity contribution in [3.8, 4) is 11.8 Å². The minimum absolute atomic E-state index is 0.0934. The molecular formula is C38H67N3O5. The second-order valence-electron chi connectivity index (χ2n) is 12.1. The summed E-state index contributed by atoms with van der Waals surface area (Å²) < 4.78 is 9.83. The third-order valence-corrected chi connectivity index (χ3v) is 6.95. The van der Waals surface area contributed by atoms with Gasteiger partial charge in [-0.15, -0.1) is 11.8 Å². The smallest absolute Gasteiger partial charge is 0.306 e. The van der Waals surface area contributed by atoms with E-state index in [0.29, 0.717) is 19.3 Å².